The average molecular weight is 383 g/mol. The van der Waals surface area contributed by atoms with Crippen LogP contribution in [-0.4, -0.2) is 29.8 Å². The summed E-state index contributed by atoms with van der Waals surface area (Å²) in [7, 11) is 1.52. The topological polar surface area (TPSA) is 81.8 Å². The number of methoxy groups -OCH3 is 1. The minimum atomic E-state index is -1.08. The van der Waals surface area contributed by atoms with Crippen LogP contribution in [0.25, 0.3) is 17.2 Å². The average Bonchev–Trinajstić information content (AvgIpc) is 3.08. The molecule has 0 atom stereocenters. The van der Waals surface area contributed by atoms with Crippen LogP contribution in [0.4, 0.5) is 0 Å². The van der Waals surface area contributed by atoms with Crippen molar-refractivity contribution in [3.63, 3.8) is 0 Å². The zero-order valence-electron chi connectivity index (χ0n) is 14.5. The number of fused-ring (bicyclic) bond motifs is 1. The Balaban J connectivity index is 1.88. The molecule has 0 radical (unpaired) electrons. The third-order valence-corrected chi connectivity index (χ3v) is 4.39. The molecule has 1 heterocycles. The van der Waals surface area contributed by atoms with Gasteiger partial charge in [0.05, 0.1) is 7.11 Å². The van der Waals surface area contributed by atoms with Gasteiger partial charge in [-0.15, -0.1) is 0 Å². The van der Waals surface area contributed by atoms with Crippen molar-refractivity contribution in [1.82, 2.24) is 4.98 Å². The number of aliphatic carboxylic acids is 1. The zero-order chi connectivity index (χ0) is 19.2. The van der Waals surface area contributed by atoms with Gasteiger partial charge in [-0.25, -0.2) is 9.78 Å². The summed E-state index contributed by atoms with van der Waals surface area (Å²) < 4.78 is 16.4. The summed E-state index contributed by atoms with van der Waals surface area (Å²) in [6.07, 6.45) is 3.16. The second kappa shape index (κ2) is 8.46. The lowest BCUT2D eigenvalue weighted by molar-refractivity contribution is -0.131. The van der Waals surface area contributed by atoms with E-state index in [1.165, 1.54) is 13.2 Å². The van der Waals surface area contributed by atoms with E-state index in [1.54, 1.807) is 36.4 Å². The highest BCUT2D eigenvalue weighted by atomic mass is 32.2. The fourth-order valence-electron chi connectivity index (χ4n) is 2.32. The van der Waals surface area contributed by atoms with Crippen molar-refractivity contribution in [2.45, 2.75) is 5.22 Å². The molecule has 1 N–H and O–H groups in total. The molecule has 0 aliphatic rings. The molecule has 1 aromatic heterocycles. The normalized spacial score (nSPS) is 11.4. The van der Waals surface area contributed by atoms with Crippen LogP contribution < -0.4 is 9.47 Å². The first kappa shape index (κ1) is 18.6. The van der Waals surface area contributed by atoms with Crippen molar-refractivity contribution in [3.05, 3.63) is 65.6 Å². The third-order valence-electron chi connectivity index (χ3n) is 3.52. The van der Waals surface area contributed by atoms with Gasteiger partial charge in [0.15, 0.2) is 17.1 Å². The standard InChI is InChI=1S/C20H17NO5S/c1-3-10-25-16-9-8-13(11-17(16)24-2)12-18(19(22)23)27-20-21-14-6-4-5-7-15(14)26-20/h3-9,11-12H,1,10H2,2H3,(H,22,23)/b18-12-. The maximum absolute atomic E-state index is 11.7. The second-order valence-electron chi connectivity index (χ2n) is 5.37. The lowest BCUT2D eigenvalue weighted by Gasteiger charge is -2.10. The number of ether oxygens (including phenoxy) is 2. The lowest BCUT2D eigenvalue weighted by Crippen LogP contribution is -1.98. The van der Waals surface area contributed by atoms with E-state index in [1.807, 2.05) is 12.1 Å². The molecule has 3 aromatic rings. The molecule has 0 spiro atoms. The van der Waals surface area contributed by atoms with Crippen LogP contribution in [0.15, 0.2) is 69.7 Å². The number of nitrogens with zero attached hydrogens (tertiary/aromatic N) is 1. The number of rotatable bonds is 8. The summed E-state index contributed by atoms with van der Waals surface area (Å²) in [4.78, 5) is 16.0. The van der Waals surface area contributed by atoms with E-state index in [0.717, 1.165) is 11.8 Å². The van der Waals surface area contributed by atoms with Gasteiger partial charge in [0.25, 0.3) is 5.22 Å². The summed E-state index contributed by atoms with van der Waals surface area (Å²) in [5.41, 5.74) is 1.93. The summed E-state index contributed by atoms with van der Waals surface area (Å²) in [6, 6.07) is 12.4. The van der Waals surface area contributed by atoms with E-state index >= 15 is 0 Å². The molecule has 0 saturated heterocycles. The number of thioether (sulfide) groups is 1. The summed E-state index contributed by atoms with van der Waals surface area (Å²) in [6.45, 7) is 3.95. The van der Waals surface area contributed by atoms with Gasteiger partial charge in [-0.05, 0) is 47.7 Å². The van der Waals surface area contributed by atoms with E-state index in [0.29, 0.717) is 34.8 Å². The number of benzene rings is 2. The first-order valence-electron chi connectivity index (χ1n) is 8.01. The fraction of sp³-hybridized carbons (Fsp3) is 0.100. The van der Waals surface area contributed by atoms with E-state index in [4.69, 9.17) is 13.9 Å². The van der Waals surface area contributed by atoms with Gasteiger partial charge >= 0.3 is 5.97 Å². The van der Waals surface area contributed by atoms with Crippen LogP contribution >= 0.6 is 11.8 Å². The van der Waals surface area contributed by atoms with E-state index in [2.05, 4.69) is 11.6 Å². The number of aromatic nitrogens is 1. The van der Waals surface area contributed by atoms with Crippen molar-refractivity contribution < 1.29 is 23.8 Å². The SMILES string of the molecule is C=CCOc1ccc(/C=C(\Sc2nc3ccccc3o2)C(=O)O)cc1OC. The molecule has 3 rings (SSSR count). The maximum atomic E-state index is 11.7. The highest BCUT2D eigenvalue weighted by Gasteiger charge is 2.15. The largest absolute Gasteiger partial charge is 0.493 e. The summed E-state index contributed by atoms with van der Waals surface area (Å²) in [5, 5.41) is 9.81. The number of oxazole rings is 1. The Morgan fingerprint density at radius 1 is 1.30 bits per heavy atom. The van der Waals surface area contributed by atoms with Crippen LogP contribution in [0.3, 0.4) is 0 Å². The summed E-state index contributed by atoms with van der Waals surface area (Å²) in [5.74, 6) is -0.0200. The molecule has 0 bridgehead atoms. The molecule has 0 fully saturated rings. The van der Waals surface area contributed by atoms with Crippen molar-refractivity contribution in [3.8, 4) is 11.5 Å². The predicted molar refractivity (Wildman–Crippen MR) is 104 cm³/mol. The van der Waals surface area contributed by atoms with E-state index in [9.17, 15) is 9.90 Å². The molecule has 27 heavy (non-hydrogen) atoms. The van der Waals surface area contributed by atoms with Crippen molar-refractivity contribution in [1.29, 1.82) is 0 Å². The van der Waals surface area contributed by atoms with Gasteiger partial charge in [-0.1, -0.05) is 30.9 Å². The van der Waals surface area contributed by atoms with Crippen molar-refractivity contribution in [2.75, 3.05) is 13.7 Å². The molecule has 6 nitrogen and oxygen atoms in total. The Labute approximate surface area is 160 Å². The lowest BCUT2D eigenvalue weighted by atomic mass is 10.2. The summed E-state index contributed by atoms with van der Waals surface area (Å²) >= 11 is 0.947. The van der Waals surface area contributed by atoms with Gasteiger partial charge in [0.2, 0.25) is 0 Å². The van der Waals surface area contributed by atoms with Crippen LogP contribution in [0.1, 0.15) is 5.56 Å². The quantitative estimate of drug-likeness (QED) is 0.345. The number of carbonyl (C=O) groups is 1. The molecule has 0 saturated carbocycles. The second-order valence-corrected chi connectivity index (χ2v) is 6.37. The van der Waals surface area contributed by atoms with Crippen LogP contribution in [0, 0.1) is 0 Å². The Hall–Kier alpha value is -3.19. The molecule has 0 aliphatic carbocycles. The van der Waals surface area contributed by atoms with Crippen LogP contribution in [0.2, 0.25) is 0 Å². The van der Waals surface area contributed by atoms with Crippen LogP contribution in [-0.2, 0) is 4.79 Å². The molecule has 0 unspecified atom stereocenters. The van der Waals surface area contributed by atoms with Crippen LogP contribution in [0.5, 0.6) is 11.5 Å². The highest BCUT2D eigenvalue weighted by molar-refractivity contribution is 8.03. The minimum Gasteiger partial charge on any atom is -0.493 e. The van der Waals surface area contributed by atoms with E-state index in [-0.39, 0.29) is 10.1 Å². The highest BCUT2D eigenvalue weighted by Crippen LogP contribution is 2.33. The van der Waals surface area contributed by atoms with E-state index < -0.39 is 5.97 Å². The first-order chi connectivity index (χ1) is 13.1. The smallest absolute Gasteiger partial charge is 0.342 e. The molecule has 0 amide bonds. The minimum absolute atomic E-state index is 0.0726. The molecular formula is C20H17NO5S. The Kier molecular flexibility index (Phi) is 5.83. The zero-order valence-corrected chi connectivity index (χ0v) is 15.4. The fourth-order valence-corrected chi connectivity index (χ4v) is 3.06. The van der Waals surface area contributed by atoms with Gasteiger partial charge < -0.3 is 19.0 Å². The number of carboxylic acids is 1. The monoisotopic (exact) mass is 383 g/mol. The van der Waals surface area contributed by atoms with Gasteiger partial charge in [0, 0.05) is 0 Å². The number of hydrogen-bond donors (Lipinski definition) is 1. The maximum Gasteiger partial charge on any atom is 0.342 e. The van der Waals surface area contributed by atoms with Gasteiger partial charge in [-0.2, -0.15) is 0 Å². The molecule has 2 aromatic carbocycles. The molecule has 7 heteroatoms. The molecular weight excluding hydrogens is 366 g/mol. The van der Waals surface area contributed by atoms with Gasteiger partial charge in [-0.3, -0.25) is 0 Å². The Bertz CT molecular complexity index is 976. The first-order valence-corrected chi connectivity index (χ1v) is 8.82. The number of hydrogen-bond acceptors (Lipinski definition) is 6. The third kappa shape index (κ3) is 4.51. The Morgan fingerprint density at radius 2 is 2.11 bits per heavy atom. The number of carboxylic acid groups (broad SMARTS) is 1. The number of para-hydroxylation sites is 2. The van der Waals surface area contributed by atoms with Crippen molar-refractivity contribution in [2.24, 2.45) is 0 Å². The van der Waals surface area contributed by atoms with Gasteiger partial charge in [0.1, 0.15) is 17.0 Å². The molecule has 138 valence electrons. The van der Waals surface area contributed by atoms with Crippen molar-refractivity contribution >= 4 is 34.9 Å². The molecule has 0 aliphatic heterocycles. The Morgan fingerprint density at radius 3 is 2.81 bits per heavy atom. The predicted octanol–water partition coefficient (Wildman–Crippen LogP) is 4.62.